The Morgan fingerprint density at radius 3 is 2.75 bits per heavy atom. The standard InChI is InChI=1S/C11H16BrNO3/c1-7(2)5-8(14)6-13-11(15)9-3-4-10(12)16-9/h3-4,7-8,14H,5-6H2,1-2H3,(H,13,15). The number of rotatable bonds is 5. The lowest BCUT2D eigenvalue weighted by atomic mass is 10.1. The minimum Gasteiger partial charge on any atom is -0.444 e. The summed E-state index contributed by atoms with van der Waals surface area (Å²) in [5.41, 5.74) is 0. The van der Waals surface area contributed by atoms with E-state index < -0.39 is 6.10 Å². The molecule has 0 aliphatic carbocycles. The van der Waals surface area contributed by atoms with Gasteiger partial charge in [0.1, 0.15) is 0 Å². The summed E-state index contributed by atoms with van der Waals surface area (Å²) in [5.74, 6) is 0.335. The molecule has 16 heavy (non-hydrogen) atoms. The van der Waals surface area contributed by atoms with Crippen molar-refractivity contribution in [1.29, 1.82) is 0 Å². The molecule has 1 rings (SSSR count). The lowest BCUT2D eigenvalue weighted by Crippen LogP contribution is -2.32. The molecular weight excluding hydrogens is 274 g/mol. The second-order valence-electron chi connectivity index (χ2n) is 4.10. The molecule has 1 atom stereocenters. The van der Waals surface area contributed by atoms with Crippen molar-refractivity contribution in [3.63, 3.8) is 0 Å². The fourth-order valence-corrected chi connectivity index (χ4v) is 1.67. The van der Waals surface area contributed by atoms with Gasteiger partial charge < -0.3 is 14.8 Å². The van der Waals surface area contributed by atoms with Crippen LogP contribution in [0.4, 0.5) is 0 Å². The molecule has 0 aliphatic rings. The van der Waals surface area contributed by atoms with Gasteiger partial charge in [-0.2, -0.15) is 0 Å². The molecule has 0 aliphatic heterocycles. The van der Waals surface area contributed by atoms with E-state index in [9.17, 15) is 9.90 Å². The van der Waals surface area contributed by atoms with E-state index in [1.807, 2.05) is 13.8 Å². The van der Waals surface area contributed by atoms with Gasteiger partial charge in [0.15, 0.2) is 10.4 Å². The van der Waals surface area contributed by atoms with Gasteiger partial charge in [-0.3, -0.25) is 4.79 Å². The third-order valence-corrected chi connectivity index (χ3v) is 2.46. The zero-order valence-corrected chi connectivity index (χ0v) is 11.0. The van der Waals surface area contributed by atoms with E-state index in [0.29, 0.717) is 17.0 Å². The third kappa shape index (κ3) is 4.37. The highest BCUT2D eigenvalue weighted by Crippen LogP contribution is 2.13. The van der Waals surface area contributed by atoms with Crippen molar-refractivity contribution < 1.29 is 14.3 Å². The van der Waals surface area contributed by atoms with Crippen LogP contribution in [0, 0.1) is 5.92 Å². The molecule has 0 spiro atoms. The normalized spacial score (nSPS) is 12.8. The van der Waals surface area contributed by atoms with Crippen LogP contribution in [-0.2, 0) is 0 Å². The van der Waals surface area contributed by atoms with E-state index in [-0.39, 0.29) is 18.2 Å². The molecular formula is C11H16BrNO3. The van der Waals surface area contributed by atoms with Gasteiger partial charge >= 0.3 is 0 Å². The average Bonchev–Trinajstić information content (AvgIpc) is 2.60. The second kappa shape index (κ2) is 6.06. The molecule has 0 radical (unpaired) electrons. The van der Waals surface area contributed by atoms with Gasteiger partial charge in [0.2, 0.25) is 0 Å². The van der Waals surface area contributed by atoms with Crippen LogP contribution in [-0.4, -0.2) is 23.7 Å². The maximum absolute atomic E-state index is 11.5. The Hall–Kier alpha value is -0.810. The molecule has 1 aromatic rings. The van der Waals surface area contributed by atoms with Gasteiger partial charge in [0.05, 0.1) is 6.10 Å². The predicted molar refractivity (Wildman–Crippen MR) is 64.2 cm³/mol. The molecule has 2 N–H and O–H groups in total. The Balaban J connectivity index is 2.35. The van der Waals surface area contributed by atoms with E-state index in [2.05, 4.69) is 21.2 Å². The van der Waals surface area contributed by atoms with Crippen LogP contribution in [0.25, 0.3) is 0 Å². The van der Waals surface area contributed by atoms with E-state index in [1.165, 1.54) is 0 Å². The fraction of sp³-hybridized carbons (Fsp3) is 0.545. The molecule has 0 saturated carbocycles. The van der Waals surface area contributed by atoms with E-state index in [0.717, 1.165) is 0 Å². The highest BCUT2D eigenvalue weighted by atomic mass is 79.9. The number of aliphatic hydroxyl groups excluding tert-OH is 1. The summed E-state index contributed by atoms with van der Waals surface area (Å²) in [6, 6.07) is 3.23. The van der Waals surface area contributed by atoms with Gasteiger partial charge in [-0.25, -0.2) is 0 Å². The molecule has 1 heterocycles. The molecule has 0 saturated heterocycles. The zero-order chi connectivity index (χ0) is 12.1. The molecule has 1 aromatic heterocycles. The summed E-state index contributed by atoms with van der Waals surface area (Å²) in [4.78, 5) is 11.5. The molecule has 0 aromatic carbocycles. The molecule has 1 amide bonds. The van der Waals surface area contributed by atoms with Crippen LogP contribution in [0.5, 0.6) is 0 Å². The topological polar surface area (TPSA) is 62.5 Å². The lowest BCUT2D eigenvalue weighted by molar-refractivity contribution is 0.0872. The SMILES string of the molecule is CC(C)CC(O)CNC(=O)c1ccc(Br)o1. The first-order chi connectivity index (χ1) is 7.49. The number of furan rings is 1. The van der Waals surface area contributed by atoms with Crippen LogP contribution in [0.2, 0.25) is 0 Å². The number of carbonyl (C=O) groups excluding carboxylic acids is 1. The maximum atomic E-state index is 11.5. The van der Waals surface area contributed by atoms with Crippen LogP contribution in [0.3, 0.4) is 0 Å². The van der Waals surface area contributed by atoms with E-state index in [4.69, 9.17) is 4.42 Å². The van der Waals surface area contributed by atoms with Crippen LogP contribution in [0.15, 0.2) is 21.2 Å². The van der Waals surface area contributed by atoms with Crippen molar-refractivity contribution in [2.45, 2.75) is 26.4 Å². The predicted octanol–water partition coefficient (Wildman–Crippen LogP) is 2.18. The molecule has 4 nitrogen and oxygen atoms in total. The van der Waals surface area contributed by atoms with Gasteiger partial charge in [-0.05, 0) is 40.4 Å². The summed E-state index contributed by atoms with van der Waals surface area (Å²) < 4.78 is 5.60. The maximum Gasteiger partial charge on any atom is 0.287 e. The lowest BCUT2D eigenvalue weighted by Gasteiger charge is -2.13. The monoisotopic (exact) mass is 289 g/mol. The zero-order valence-electron chi connectivity index (χ0n) is 9.37. The first-order valence-electron chi connectivity index (χ1n) is 5.20. The molecule has 0 bridgehead atoms. The Kier molecular flexibility index (Phi) is 5.02. The highest BCUT2D eigenvalue weighted by molar-refractivity contribution is 9.10. The van der Waals surface area contributed by atoms with Crippen molar-refractivity contribution in [2.24, 2.45) is 5.92 Å². The summed E-state index contributed by atoms with van der Waals surface area (Å²) in [5, 5.41) is 12.2. The van der Waals surface area contributed by atoms with E-state index >= 15 is 0 Å². The Morgan fingerprint density at radius 1 is 1.56 bits per heavy atom. The Bertz CT molecular complexity index is 349. The number of aliphatic hydroxyl groups is 1. The van der Waals surface area contributed by atoms with Crippen LogP contribution in [0.1, 0.15) is 30.8 Å². The van der Waals surface area contributed by atoms with Gasteiger partial charge in [0, 0.05) is 6.54 Å². The van der Waals surface area contributed by atoms with Crippen LogP contribution < -0.4 is 5.32 Å². The van der Waals surface area contributed by atoms with E-state index in [1.54, 1.807) is 12.1 Å². The van der Waals surface area contributed by atoms with Crippen molar-refractivity contribution in [2.75, 3.05) is 6.54 Å². The summed E-state index contributed by atoms with van der Waals surface area (Å²) in [6.45, 7) is 4.29. The number of nitrogens with one attached hydrogen (secondary N) is 1. The molecule has 0 fully saturated rings. The molecule has 5 heteroatoms. The minimum absolute atomic E-state index is 0.239. The Morgan fingerprint density at radius 2 is 2.25 bits per heavy atom. The largest absolute Gasteiger partial charge is 0.444 e. The summed E-state index contributed by atoms with van der Waals surface area (Å²) in [7, 11) is 0. The molecule has 1 unspecified atom stereocenters. The molecule has 90 valence electrons. The van der Waals surface area contributed by atoms with Crippen molar-refractivity contribution in [3.8, 4) is 0 Å². The number of hydrogen-bond acceptors (Lipinski definition) is 3. The van der Waals surface area contributed by atoms with Gasteiger partial charge in [0.25, 0.3) is 5.91 Å². The second-order valence-corrected chi connectivity index (χ2v) is 4.88. The third-order valence-electron chi connectivity index (χ3n) is 2.04. The highest BCUT2D eigenvalue weighted by Gasteiger charge is 2.12. The number of halogens is 1. The number of amides is 1. The fourth-order valence-electron chi connectivity index (χ4n) is 1.36. The van der Waals surface area contributed by atoms with Gasteiger partial charge in [-0.15, -0.1) is 0 Å². The quantitative estimate of drug-likeness (QED) is 0.873. The smallest absolute Gasteiger partial charge is 0.287 e. The summed E-state index contributed by atoms with van der Waals surface area (Å²) >= 11 is 3.12. The first-order valence-corrected chi connectivity index (χ1v) is 6.00. The van der Waals surface area contributed by atoms with Gasteiger partial charge in [-0.1, -0.05) is 13.8 Å². The average molecular weight is 290 g/mol. The first kappa shape index (κ1) is 13.3. The summed E-state index contributed by atoms with van der Waals surface area (Å²) in [6.07, 6.45) is 0.157. The van der Waals surface area contributed by atoms with Crippen molar-refractivity contribution in [3.05, 3.63) is 22.6 Å². The Labute approximate surface area is 103 Å². The number of carbonyl (C=O) groups is 1. The number of hydrogen-bond donors (Lipinski definition) is 2. The minimum atomic E-state index is -0.512. The van der Waals surface area contributed by atoms with Crippen molar-refractivity contribution in [1.82, 2.24) is 5.32 Å². The van der Waals surface area contributed by atoms with Crippen molar-refractivity contribution >= 4 is 21.8 Å². The van der Waals surface area contributed by atoms with Crippen LogP contribution >= 0.6 is 15.9 Å².